The van der Waals surface area contributed by atoms with E-state index in [1.165, 1.54) is 94.8 Å². The first-order valence-electron chi connectivity index (χ1n) is 20.6. The van der Waals surface area contributed by atoms with Crippen LogP contribution in [0.25, 0.3) is 21.9 Å². The maximum atomic E-state index is 7.24. The second-order valence-electron chi connectivity index (χ2n) is 18.9. The van der Waals surface area contributed by atoms with E-state index in [9.17, 15) is 0 Å². The van der Waals surface area contributed by atoms with Gasteiger partial charge in [-0.15, -0.1) is 0 Å². The molecule has 6 aliphatic rings. The Morgan fingerprint density at radius 1 is 0.500 bits per heavy atom. The Kier molecular flexibility index (Phi) is 7.00. The lowest BCUT2D eigenvalue weighted by molar-refractivity contribution is -0.0451. The van der Waals surface area contributed by atoms with Gasteiger partial charge in [0.2, 0.25) is 0 Å². The highest BCUT2D eigenvalue weighted by atomic mass is 16.5. The van der Waals surface area contributed by atoms with E-state index in [2.05, 4.69) is 160 Å². The Balaban J connectivity index is 1.11. The zero-order chi connectivity index (χ0) is 36.4. The lowest BCUT2D eigenvalue weighted by Gasteiger charge is -2.63. The molecule has 4 bridgehead atoms. The summed E-state index contributed by atoms with van der Waals surface area (Å²) < 4.78 is 7.24. The third-order valence-electron chi connectivity index (χ3n) is 15.0. The summed E-state index contributed by atoms with van der Waals surface area (Å²) in [4.78, 5) is 2.51. The maximum absolute atomic E-state index is 7.24. The van der Waals surface area contributed by atoms with Crippen LogP contribution in [0.15, 0.2) is 127 Å². The van der Waals surface area contributed by atoms with Crippen molar-refractivity contribution in [2.45, 2.75) is 88.9 Å². The minimum atomic E-state index is 0.00108. The molecule has 1 spiro atoms. The molecule has 2 nitrogen and oxygen atoms in total. The van der Waals surface area contributed by atoms with Gasteiger partial charge in [-0.1, -0.05) is 113 Å². The van der Waals surface area contributed by atoms with Gasteiger partial charge in [-0.3, -0.25) is 0 Å². The van der Waals surface area contributed by atoms with E-state index in [1.54, 1.807) is 0 Å². The standard InChI is InChI=1S/C52H51NO/c1-50(2)24-25-51(3,4)46-32-42(22-23-43(46)50)53(41-20-18-36(19-21-41)38-17-16-35-10-5-6-11-37(35)31-38)47-14-9-13-45-49(47)54-48-15-8-7-12-44(48)52(45)39-27-33-26-34(29-39)30-40(52)28-33/h5-23,31-34,39-40H,24-30H2,1-4H3. The van der Waals surface area contributed by atoms with Crippen LogP contribution in [0.5, 0.6) is 11.5 Å². The molecule has 5 aliphatic carbocycles. The van der Waals surface area contributed by atoms with Crippen LogP contribution in [-0.2, 0) is 16.2 Å². The minimum absolute atomic E-state index is 0.00108. The molecule has 2 heteroatoms. The fraction of sp³-hybridized carbons (Fsp3) is 0.346. The molecule has 1 aliphatic heterocycles. The van der Waals surface area contributed by atoms with Gasteiger partial charge in [0.05, 0.1) is 5.69 Å². The largest absolute Gasteiger partial charge is 0.455 e. The Morgan fingerprint density at radius 2 is 1.13 bits per heavy atom. The van der Waals surface area contributed by atoms with Gasteiger partial charge in [0.15, 0.2) is 5.75 Å². The van der Waals surface area contributed by atoms with Crippen molar-refractivity contribution >= 4 is 27.8 Å². The van der Waals surface area contributed by atoms with E-state index < -0.39 is 0 Å². The molecule has 0 aromatic heterocycles. The molecule has 1 heterocycles. The number of para-hydroxylation sites is 2. The molecular formula is C52H51NO. The van der Waals surface area contributed by atoms with Crippen LogP contribution in [0.3, 0.4) is 0 Å². The predicted molar refractivity (Wildman–Crippen MR) is 224 cm³/mol. The van der Waals surface area contributed by atoms with E-state index in [1.807, 2.05) is 0 Å². The van der Waals surface area contributed by atoms with E-state index in [0.717, 1.165) is 34.7 Å². The van der Waals surface area contributed by atoms with Crippen molar-refractivity contribution in [3.05, 3.63) is 150 Å². The van der Waals surface area contributed by atoms with Crippen molar-refractivity contribution in [2.75, 3.05) is 4.90 Å². The van der Waals surface area contributed by atoms with Gasteiger partial charge in [-0.25, -0.2) is 0 Å². The number of ether oxygens (including phenoxy) is 1. The summed E-state index contributed by atoms with van der Waals surface area (Å²) in [5.41, 5.74) is 12.0. The molecular weight excluding hydrogens is 655 g/mol. The normalized spacial score (nSPS) is 26.5. The van der Waals surface area contributed by atoms with Crippen molar-refractivity contribution in [1.29, 1.82) is 0 Å². The third-order valence-corrected chi connectivity index (χ3v) is 15.0. The van der Waals surface area contributed by atoms with Gasteiger partial charge in [0.25, 0.3) is 0 Å². The first-order chi connectivity index (χ1) is 26.2. The number of hydrogen-bond acceptors (Lipinski definition) is 2. The molecule has 0 N–H and O–H groups in total. The van der Waals surface area contributed by atoms with Crippen molar-refractivity contribution < 1.29 is 4.74 Å². The second-order valence-corrected chi connectivity index (χ2v) is 18.9. The highest BCUT2D eigenvalue weighted by Crippen LogP contribution is 2.69. The number of rotatable bonds is 4. The molecule has 4 saturated carbocycles. The zero-order valence-electron chi connectivity index (χ0n) is 32.2. The molecule has 4 fully saturated rings. The van der Waals surface area contributed by atoms with E-state index >= 15 is 0 Å². The zero-order valence-corrected chi connectivity index (χ0v) is 32.2. The number of hydrogen-bond donors (Lipinski definition) is 0. The molecule has 0 amide bonds. The van der Waals surface area contributed by atoms with Crippen LogP contribution in [0.2, 0.25) is 0 Å². The quantitative estimate of drug-likeness (QED) is 0.181. The van der Waals surface area contributed by atoms with Gasteiger partial charge in [0, 0.05) is 27.9 Å². The number of nitrogens with zero attached hydrogens (tertiary/aromatic N) is 1. The summed E-state index contributed by atoms with van der Waals surface area (Å²) in [6.45, 7) is 9.73. The average Bonchev–Trinajstić information content (AvgIpc) is 3.18. The first kappa shape index (κ1) is 32.6. The Morgan fingerprint density at radius 3 is 1.89 bits per heavy atom. The summed E-state index contributed by atoms with van der Waals surface area (Å²) >= 11 is 0. The van der Waals surface area contributed by atoms with Crippen LogP contribution in [0, 0.1) is 23.7 Å². The van der Waals surface area contributed by atoms with Crippen LogP contribution < -0.4 is 9.64 Å². The summed E-state index contributed by atoms with van der Waals surface area (Å²) in [5.74, 6) is 5.22. The summed E-state index contributed by atoms with van der Waals surface area (Å²) in [5, 5.41) is 2.54. The minimum Gasteiger partial charge on any atom is -0.455 e. The Hall–Kier alpha value is -4.82. The number of anilines is 3. The topological polar surface area (TPSA) is 12.5 Å². The highest BCUT2D eigenvalue weighted by Gasteiger charge is 2.61. The number of benzene rings is 6. The van der Waals surface area contributed by atoms with Crippen molar-refractivity contribution in [3.63, 3.8) is 0 Å². The monoisotopic (exact) mass is 705 g/mol. The van der Waals surface area contributed by atoms with Gasteiger partial charge in [-0.2, -0.15) is 0 Å². The van der Waals surface area contributed by atoms with Crippen molar-refractivity contribution in [2.24, 2.45) is 23.7 Å². The van der Waals surface area contributed by atoms with Gasteiger partial charge in [-0.05, 0) is 155 Å². The van der Waals surface area contributed by atoms with Crippen LogP contribution in [0.4, 0.5) is 17.1 Å². The molecule has 6 aromatic carbocycles. The molecule has 54 heavy (non-hydrogen) atoms. The van der Waals surface area contributed by atoms with Gasteiger partial charge < -0.3 is 9.64 Å². The fourth-order valence-corrected chi connectivity index (χ4v) is 12.4. The van der Waals surface area contributed by atoms with Crippen molar-refractivity contribution in [1.82, 2.24) is 0 Å². The highest BCUT2D eigenvalue weighted by molar-refractivity contribution is 5.88. The Bertz CT molecular complexity index is 2420. The molecule has 0 saturated heterocycles. The molecule has 12 rings (SSSR count). The Labute approximate surface area is 321 Å². The molecule has 6 aromatic rings. The summed E-state index contributed by atoms with van der Waals surface area (Å²) in [7, 11) is 0. The lowest BCUT2D eigenvalue weighted by Crippen LogP contribution is -2.57. The molecule has 270 valence electrons. The molecule has 0 atom stereocenters. The van der Waals surface area contributed by atoms with Crippen LogP contribution in [-0.4, -0.2) is 0 Å². The second kappa shape index (κ2) is 11.6. The van der Waals surface area contributed by atoms with Gasteiger partial charge >= 0.3 is 0 Å². The predicted octanol–water partition coefficient (Wildman–Crippen LogP) is 14.2. The smallest absolute Gasteiger partial charge is 0.155 e. The average molecular weight is 706 g/mol. The van der Waals surface area contributed by atoms with Crippen molar-refractivity contribution in [3.8, 4) is 22.6 Å². The van der Waals surface area contributed by atoms with Gasteiger partial charge in [0.1, 0.15) is 5.75 Å². The van der Waals surface area contributed by atoms with E-state index in [4.69, 9.17) is 4.74 Å². The van der Waals surface area contributed by atoms with Crippen LogP contribution in [0.1, 0.15) is 94.9 Å². The molecule has 0 unspecified atom stereocenters. The van der Waals surface area contributed by atoms with E-state index in [-0.39, 0.29) is 16.2 Å². The number of fused-ring (bicyclic) bond motifs is 4. The summed E-state index contributed by atoms with van der Waals surface area (Å²) in [6.07, 6.45) is 9.23. The SMILES string of the molecule is CC1(C)CCC(C)(C)c2cc(N(c3ccc(-c4ccc5ccccc5c4)cc3)c3cccc4c3Oc3ccccc3C43C4CC5CC(C4)CC3C5)ccc21. The fourth-order valence-electron chi connectivity index (χ4n) is 12.4. The third kappa shape index (κ3) is 4.71. The summed E-state index contributed by atoms with van der Waals surface area (Å²) in [6, 6.07) is 48.2. The lowest BCUT2D eigenvalue weighted by atomic mass is 9.42. The first-order valence-corrected chi connectivity index (χ1v) is 20.6. The maximum Gasteiger partial charge on any atom is 0.155 e. The molecule has 0 radical (unpaired) electrons. The van der Waals surface area contributed by atoms with E-state index in [0.29, 0.717) is 11.8 Å². The van der Waals surface area contributed by atoms with Crippen LogP contribution >= 0.6 is 0 Å².